The summed E-state index contributed by atoms with van der Waals surface area (Å²) in [5.41, 5.74) is 6.40. The Hall–Kier alpha value is -1.00. The molecule has 18 heavy (non-hydrogen) atoms. The normalized spacial score (nSPS) is 25.7. The Labute approximate surface area is 107 Å². The number of nitrogens with two attached hydrogens (primary N) is 1. The van der Waals surface area contributed by atoms with Gasteiger partial charge < -0.3 is 5.73 Å². The summed E-state index contributed by atoms with van der Waals surface area (Å²) in [4.78, 5) is 2.20. The molecule has 0 amide bonds. The molecule has 1 aromatic carbocycles. The highest BCUT2D eigenvalue weighted by Crippen LogP contribution is 2.33. The zero-order valence-corrected chi connectivity index (χ0v) is 10.9. The van der Waals surface area contributed by atoms with Crippen molar-refractivity contribution in [1.29, 1.82) is 0 Å². The van der Waals surface area contributed by atoms with E-state index in [-0.39, 0.29) is 17.9 Å². The molecule has 1 fully saturated rings. The van der Waals surface area contributed by atoms with Crippen molar-refractivity contribution in [3.05, 3.63) is 35.4 Å². The third-order valence-electron chi connectivity index (χ3n) is 3.66. The van der Waals surface area contributed by atoms with Crippen molar-refractivity contribution in [2.45, 2.75) is 44.8 Å². The first-order valence-electron chi connectivity index (χ1n) is 6.45. The van der Waals surface area contributed by atoms with Crippen LogP contribution in [-0.4, -0.2) is 23.5 Å². The van der Waals surface area contributed by atoms with E-state index in [1.807, 2.05) is 0 Å². The lowest BCUT2D eigenvalue weighted by atomic mass is 9.91. The lowest BCUT2D eigenvalue weighted by molar-refractivity contribution is 0.0988. The Morgan fingerprint density at radius 3 is 2.72 bits per heavy atom. The second kappa shape index (κ2) is 5.33. The number of rotatable bonds is 2. The minimum Gasteiger partial charge on any atom is -0.328 e. The van der Waals surface area contributed by atoms with Crippen LogP contribution in [0.5, 0.6) is 0 Å². The van der Waals surface area contributed by atoms with Crippen molar-refractivity contribution in [3.63, 3.8) is 0 Å². The molecular weight excluding hydrogens is 234 g/mol. The quantitative estimate of drug-likeness (QED) is 0.879. The van der Waals surface area contributed by atoms with E-state index < -0.39 is 5.82 Å². The van der Waals surface area contributed by atoms with Gasteiger partial charge in [-0.05, 0) is 44.9 Å². The minimum absolute atomic E-state index is 0.0627. The Balaban J connectivity index is 2.34. The fraction of sp³-hybridized carbons (Fsp3) is 0.571. The largest absolute Gasteiger partial charge is 0.328 e. The van der Waals surface area contributed by atoms with Crippen molar-refractivity contribution >= 4 is 0 Å². The van der Waals surface area contributed by atoms with Crippen LogP contribution in [0.25, 0.3) is 0 Å². The summed E-state index contributed by atoms with van der Waals surface area (Å²) < 4.78 is 27.2. The van der Waals surface area contributed by atoms with E-state index in [1.165, 1.54) is 12.1 Å². The van der Waals surface area contributed by atoms with Crippen molar-refractivity contribution in [2.24, 2.45) is 5.73 Å². The van der Waals surface area contributed by atoms with Gasteiger partial charge in [0.2, 0.25) is 0 Å². The molecule has 1 aliphatic heterocycles. The molecule has 0 aromatic heterocycles. The molecule has 1 heterocycles. The third-order valence-corrected chi connectivity index (χ3v) is 3.66. The summed E-state index contributed by atoms with van der Waals surface area (Å²) >= 11 is 0. The highest BCUT2D eigenvalue weighted by molar-refractivity contribution is 5.23. The van der Waals surface area contributed by atoms with Crippen molar-refractivity contribution < 1.29 is 8.78 Å². The van der Waals surface area contributed by atoms with Gasteiger partial charge in [-0.15, -0.1) is 0 Å². The molecule has 2 atom stereocenters. The first-order valence-corrected chi connectivity index (χ1v) is 6.45. The van der Waals surface area contributed by atoms with Gasteiger partial charge in [0.25, 0.3) is 0 Å². The van der Waals surface area contributed by atoms with Gasteiger partial charge in [0, 0.05) is 30.2 Å². The highest BCUT2D eigenvalue weighted by atomic mass is 19.1. The SMILES string of the molecule is CC(C)N1CC[C@@H](N)C[C@H]1c1cc(F)ccc1F. The lowest BCUT2D eigenvalue weighted by Gasteiger charge is -2.41. The van der Waals surface area contributed by atoms with Crippen molar-refractivity contribution in [1.82, 2.24) is 4.90 Å². The van der Waals surface area contributed by atoms with Gasteiger partial charge in [-0.2, -0.15) is 0 Å². The number of piperidine rings is 1. The average Bonchev–Trinajstić information content (AvgIpc) is 2.31. The van der Waals surface area contributed by atoms with Crippen LogP contribution in [0.3, 0.4) is 0 Å². The van der Waals surface area contributed by atoms with Crippen LogP contribution in [0, 0.1) is 11.6 Å². The Morgan fingerprint density at radius 1 is 1.33 bits per heavy atom. The molecule has 0 spiro atoms. The molecule has 0 saturated carbocycles. The van der Waals surface area contributed by atoms with Crippen LogP contribution < -0.4 is 5.73 Å². The fourth-order valence-electron chi connectivity index (χ4n) is 2.70. The van der Waals surface area contributed by atoms with Gasteiger partial charge in [-0.1, -0.05) is 0 Å². The summed E-state index contributed by atoms with van der Waals surface area (Å²) in [7, 11) is 0. The molecule has 0 unspecified atom stereocenters. The third kappa shape index (κ3) is 2.70. The first-order chi connectivity index (χ1) is 8.49. The molecule has 0 bridgehead atoms. The fourth-order valence-corrected chi connectivity index (χ4v) is 2.70. The van der Waals surface area contributed by atoms with Crippen LogP contribution in [0.4, 0.5) is 8.78 Å². The maximum atomic E-state index is 13.9. The van der Waals surface area contributed by atoms with Gasteiger partial charge in [0.1, 0.15) is 11.6 Å². The standard InChI is InChI=1S/C14H20F2N2/c1-9(2)18-6-5-11(17)8-14(18)12-7-10(15)3-4-13(12)16/h3-4,7,9,11,14H,5-6,8,17H2,1-2H3/t11-,14+/m1/s1. The molecule has 2 rings (SSSR count). The van der Waals surface area contributed by atoms with Crippen LogP contribution >= 0.6 is 0 Å². The zero-order chi connectivity index (χ0) is 13.3. The molecule has 100 valence electrons. The van der Waals surface area contributed by atoms with Crippen LogP contribution in [0.2, 0.25) is 0 Å². The van der Waals surface area contributed by atoms with Gasteiger partial charge in [0.15, 0.2) is 0 Å². The summed E-state index contributed by atoms with van der Waals surface area (Å²) in [6, 6.07) is 3.89. The molecule has 2 N–H and O–H groups in total. The van der Waals surface area contributed by atoms with Gasteiger partial charge in [-0.3, -0.25) is 4.90 Å². The summed E-state index contributed by atoms with van der Waals surface area (Å²) in [5, 5.41) is 0. The van der Waals surface area contributed by atoms with E-state index >= 15 is 0 Å². The van der Waals surface area contributed by atoms with Gasteiger partial charge in [0.05, 0.1) is 0 Å². The van der Waals surface area contributed by atoms with E-state index in [0.29, 0.717) is 18.0 Å². The van der Waals surface area contributed by atoms with E-state index in [2.05, 4.69) is 18.7 Å². The molecule has 1 saturated heterocycles. The second-order valence-electron chi connectivity index (χ2n) is 5.30. The Kier molecular flexibility index (Phi) is 3.97. The lowest BCUT2D eigenvalue weighted by Crippen LogP contribution is -2.45. The van der Waals surface area contributed by atoms with Crippen molar-refractivity contribution in [3.8, 4) is 0 Å². The summed E-state index contributed by atoms with van der Waals surface area (Å²) in [6.45, 7) is 4.97. The molecule has 1 aromatic rings. The first kappa shape index (κ1) is 13.4. The maximum absolute atomic E-state index is 13.9. The molecule has 0 radical (unpaired) electrons. The molecule has 2 nitrogen and oxygen atoms in total. The smallest absolute Gasteiger partial charge is 0.128 e. The van der Waals surface area contributed by atoms with Crippen LogP contribution in [0.1, 0.15) is 38.3 Å². The summed E-state index contributed by atoms with van der Waals surface area (Å²) in [6.07, 6.45) is 1.59. The zero-order valence-electron chi connectivity index (χ0n) is 10.9. The van der Waals surface area contributed by atoms with Crippen LogP contribution in [-0.2, 0) is 0 Å². The maximum Gasteiger partial charge on any atom is 0.128 e. The number of hydrogen-bond acceptors (Lipinski definition) is 2. The topological polar surface area (TPSA) is 29.3 Å². The van der Waals surface area contributed by atoms with E-state index in [4.69, 9.17) is 5.73 Å². The van der Waals surface area contributed by atoms with Gasteiger partial charge in [-0.25, -0.2) is 8.78 Å². The Bertz CT molecular complexity index is 420. The highest BCUT2D eigenvalue weighted by Gasteiger charge is 2.31. The van der Waals surface area contributed by atoms with E-state index in [1.54, 1.807) is 0 Å². The van der Waals surface area contributed by atoms with Crippen molar-refractivity contribution in [2.75, 3.05) is 6.54 Å². The number of likely N-dealkylation sites (tertiary alicyclic amines) is 1. The van der Waals surface area contributed by atoms with Crippen LogP contribution in [0.15, 0.2) is 18.2 Å². The predicted molar refractivity (Wildman–Crippen MR) is 68.2 cm³/mol. The number of nitrogens with zero attached hydrogens (tertiary/aromatic N) is 1. The molecule has 4 heteroatoms. The summed E-state index contributed by atoms with van der Waals surface area (Å²) in [5.74, 6) is -0.740. The molecular formula is C14H20F2N2. The average molecular weight is 254 g/mol. The van der Waals surface area contributed by atoms with E-state index in [9.17, 15) is 8.78 Å². The van der Waals surface area contributed by atoms with Gasteiger partial charge >= 0.3 is 0 Å². The molecule has 1 aliphatic rings. The second-order valence-corrected chi connectivity index (χ2v) is 5.30. The minimum atomic E-state index is -0.394. The monoisotopic (exact) mass is 254 g/mol. The number of hydrogen-bond donors (Lipinski definition) is 1. The number of benzene rings is 1. The van der Waals surface area contributed by atoms with E-state index in [0.717, 1.165) is 19.0 Å². The number of halogens is 2. The Morgan fingerprint density at radius 2 is 2.06 bits per heavy atom. The molecule has 0 aliphatic carbocycles. The predicted octanol–water partition coefficient (Wildman–Crippen LogP) is 2.84.